The second-order valence-electron chi connectivity index (χ2n) is 24.3. The van der Waals surface area contributed by atoms with Crippen LogP contribution in [-0.4, -0.2) is 130 Å². The molecular formula is C67H72N8O17SSi. The molecule has 0 bridgehead atoms. The van der Waals surface area contributed by atoms with E-state index < -0.39 is 136 Å². The molecule has 2 aliphatic heterocycles. The van der Waals surface area contributed by atoms with Crippen molar-refractivity contribution in [3.05, 3.63) is 212 Å². The fourth-order valence-corrected chi connectivity index (χ4v) is 18.3. The number of nitro benzene ring substituents is 1. The number of sulfone groups is 1. The number of carbonyl (C=O) groups is 4. The number of esters is 3. The lowest BCUT2D eigenvalue weighted by Gasteiger charge is -2.43. The van der Waals surface area contributed by atoms with Crippen LogP contribution in [0.3, 0.4) is 0 Å². The van der Waals surface area contributed by atoms with Crippen molar-refractivity contribution in [2.24, 2.45) is 17.8 Å². The summed E-state index contributed by atoms with van der Waals surface area (Å²) in [5.41, 5.74) is -0.581. The number of rotatable bonds is 26. The number of aromatic amines is 1. The summed E-state index contributed by atoms with van der Waals surface area (Å²) in [4.78, 5) is 108. The highest BCUT2D eigenvalue weighted by molar-refractivity contribution is 7.91. The maximum absolute atomic E-state index is 15.3. The summed E-state index contributed by atoms with van der Waals surface area (Å²) in [7, 11) is -7.56. The van der Waals surface area contributed by atoms with Gasteiger partial charge in [0.05, 0.1) is 58.6 Å². The highest BCUT2D eigenvalue weighted by atomic mass is 32.2. The SMILES string of the molecule is CC(=O)O[C@@H]1[C@H](CS(=O)(=O)CC[C@H]2O[C@@H](n3cnc4c(OCCc5ccc([N+](=O)[O-])cc5)nc(NC(=O)C(C)C)nc43)[C@H](OC(=O)c3ccccc3)[C@@H]2COC(=O)c2ccccc2)[C@@H](CCO[Si](c2ccccc2)(c2ccccc2)C(C)(C)C)O[C@H]1n1ccc(=O)[nH]c1=O. The normalized spacial score (nSPS) is 19.8. The molecule has 2 aliphatic rings. The summed E-state index contributed by atoms with van der Waals surface area (Å²) in [6.07, 6.45) is -5.38. The van der Waals surface area contributed by atoms with Crippen LogP contribution in [0.4, 0.5) is 11.6 Å². The van der Waals surface area contributed by atoms with Gasteiger partial charge in [0.15, 0.2) is 45.7 Å². The fourth-order valence-electron chi connectivity index (χ4n) is 12.0. The molecule has 0 aliphatic carbocycles. The van der Waals surface area contributed by atoms with Crippen LogP contribution in [-0.2, 0) is 54.0 Å². The number of hydrogen-bond acceptors (Lipinski definition) is 20. The smallest absolute Gasteiger partial charge is 0.338 e. The highest BCUT2D eigenvalue weighted by Gasteiger charge is 2.54. The van der Waals surface area contributed by atoms with Crippen molar-refractivity contribution in [2.75, 3.05) is 36.6 Å². The van der Waals surface area contributed by atoms with Crippen molar-refractivity contribution in [3.8, 4) is 5.88 Å². The fraction of sp³-hybridized carbons (Fsp3) is 0.358. The van der Waals surface area contributed by atoms with Crippen LogP contribution in [0.15, 0.2) is 174 Å². The number of nitro groups is 1. The Morgan fingerprint density at radius 2 is 1.31 bits per heavy atom. The predicted molar refractivity (Wildman–Crippen MR) is 347 cm³/mol. The Hall–Kier alpha value is -9.54. The maximum atomic E-state index is 15.3. The third-order valence-electron chi connectivity index (χ3n) is 16.6. The molecule has 5 aromatic carbocycles. The molecule has 27 heteroatoms. The third kappa shape index (κ3) is 15.4. The van der Waals surface area contributed by atoms with E-state index in [1.165, 1.54) is 41.4 Å². The Bertz CT molecular complexity index is 4190. The van der Waals surface area contributed by atoms with Crippen LogP contribution >= 0.6 is 0 Å². The van der Waals surface area contributed by atoms with E-state index in [0.29, 0.717) is 5.56 Å². The summed E-state index contributed by atoms with van der Waals surface area (Å²) in [6.45, 7) is 10.3. The van der Waals surface area contributed by atoms with Crippen molar-refractivity contribution in [1.82, 2.24) is 29.1 Å². The molecule has 0 radical (unpaired) electrons. The van der Waals surface area contributed by atoms with Crippen molar-refractivity contribution in [3.63, 3.8) is 0 Å². The molecule has 1 amide bonds. The van der Waals surface area contributed by atoms with Gasteiger partial charge in [0.25, 0.3) is 19.6 Å². The Morgan fingerprint density at radius 1 is 0.734 bits per heavy atom. The summed E-state index contributed by atoms with van der Waals surface area (Å²) >= 11 is 0. The molecule has 2 fully saturated rings. The first kappa shape index (κ1) is 67.3. The molecule has 8 atom stereocenters. The summed E-state index contributed by atoms with van der Waals surface area (Å²) < 4.78 is 78.4. The molecule has 0 spiro atoms. The van der Waals surface area contributed by atoms with Gasteiger partial charge in [-0.05, 0) is 58.1 Å². The minimum atomic E-state index is -4.36. The second-order valence-corrected chi connectivity index (χ2v) is 30.8. The van der Waals surface area contributed by atoms with E-state index in [-0.39, 0.29) is 72.3 Å². The van der Waals surface area contributed by atoms with E-state index in [4.69, 9.17) is 37.8 Å². The molecule has 25 nitrogen and oxygen atoms in total. The van der Waals surface area contributed by atoms with Crippen LogP contribution in [0.25, 0.3) is 11.2 Å². The van der Waals surface area contributed by atoms with Crippen LogP contribution in [0, 0.1) is 27.9 Å². The second kappa shape index (κ2) is 29.2. The van der Waals surface area contributed by atoms with Crippen molar-refractivity contribution in [2.45, 2.75) is 103 Å². The Kier molecular flexibility index (Phi) is 20.9. The van der Waals surface area contributed by atoms with E-state index in [1.54, 1.807) is 74.5 Å². The summed E-state index contributed by atoms with van der Waals surface area (Å²) in [5.74, 6) is -7.21. The first-order valence-corrected chi connectivity index (χ1v) is 34.4. The van der Waals surface area contributed by atoms with Gasteiger partial charge in [0.1, 0.15) is 6.61 Å². The van der Waals surface area contributed by atoms with E-state index >= 15 is 8.42 Å². The minimum Gasteiger partial charge on any atom is -0.476 e. The maximum Gasteiger partial charge on any atom is 0.338 e. The number of benzene rings is 5. The van der Waals surface area contributed by atoms with Gasteiger partial charge < -0.3 is 32.8 Å². The number of aromatic nitrogens is 6. The molecule has 5 heterocycles. The molecule has 0 saturated carbocycles. The zero-order valence-electron chi connectivity index (χ0n) is 52.5. The summed E-state index contributed by atoms with van der Waals surface area (Å²) in [5, 5.41) is 15.6. The number of nitrogens with one attached hydrogen (secondary N) is 2. The third-order valence-corrected chi connectivity index (χ3v) is 23.4. The molecule has 2 N–H and O–H groups in total. The molecule has 0 unspecified atom stereocenters. The lowest BCUT2D eigenvalue weighted by molar-refractivity contribution is -0.384. The Morgan fingerprint density at radius 3 is 1.88 bits per heavy atom. The first-order valence-electron chi connectivity index (χ1n) is 30.6. The molecule has 10 rings (SSSR count). The number of carbonyl (C=O) groups excluding carboxylic acids is 4. The van der Waals surface area contributed by atoms with Crippen LogP contribution in [0.2, 0.25) is 5.04 Å². The zero-order chi connectivity index (χ0) is 66.9. The Balaban J connectivity index is 1.00. The van der Waals surface area contributed by atoms with E-state index in [9.17, 15) is 38.9 Å². The lowest BCUT2D eigenvalue weighted by Crippen LogP contribution is -2.66. The van der Waals surface area contributed by atoms with E-state index in [1.807, 2.05) is 60.7 Å². The number of amides is 1. The predicted octanol–water partition coefficient (Wildman–Crippen LogP) is 7.31. The summed E-state index contributed by atoms with van der Waals surface area (Å²) in [6, 6.07) is 43.0. The van der Waals surface area contributed by atoms with Crippen molar-refractivity contribution in [1.29, 1.82) is 0 Å². The van der Waals surface area contributed by atoms with Crippen LogP contribution in [0.5, 0.6) is 5.88 Å². The number of H-pyrrole nitrogens is 1. The molecule has 94 heavy (non-hydrogen) atoms. The van der Waals surface area contributed by atoms with Gasteiger partial charge >= 0.3 is 23.6 Å². The molecular weight excluding hydrogens is 1250 g/mol. The standard InChI is InChI=1S/C67H72N8O17SSi/c1-42(2)59(78)71-65-70-58-55(60(72-65)86-36-32-44-27-29-47(30-28-44)75(82)83)68-41-74(58)62-56(92-64(80)46-21-13-8-14-22-46)50(39-87-63(79)45-19-11-7-12-20-45)53(91-62)34-38-93(84,85)40-51-52(90-61(57(51)89-43(3)76)73-35-31-54(77)69-66(73)81)33-37-88-94(67(4,5)6,48-23-15-9-16-24-48)49-25-17-10-18-26-49/h7-31,35,41-42,50-53,56-57,61-62H,32-34,36-40H2,1-6H3,(H,69,77,81)(H,70,71,72,78)/t50-,51-,52-,53-,56-,57-,61-,62-/m1/s1. The number of ether oxygens (including phenoxy) is 6. The van der Waals surface area contributed by atoms with E-state index in [0.717, 1.165) is 27.9 Å². The number of non-ortho nitro benzene ring substituents is 1. The number of hydrogen-bond donors (Lipinski definition) is 2. The number of anilines is 1. The lowest BCUT2D eigenvalue weighted by atomic mass is 9.96. The average molecular weight is 1320 g/mol. The highest BCUT2D eigenvalue weighted by Crippen LogP contribution is 2.43. The van der Waals surface area contributed by atoms with Crippen LogP contribution < -0.4 is 31.7 Å². The number of fused-ring (bicyclic) bond motifs is 1. The average Bonchev–Trinajstić information content (AvgIpc) is 1.64. The largest absolute Gasteiger partial charge is 0.476 e. The Labute approximate surface area is 541 Å². The molecule has 2 saturated heterocycles. The molecule has 3 aromatic heterocycles. The zero-order valence-corrected chi connectivity index (χ0v) is 54.3. The van der Waals surface area contributed by atoms with Gasteiger partial charge in [-0.15, -0.1) is 0 Å². The van der Waals surface area contributed by atoms with E-state index in [2.05, 4.69) is 41.0 Å². The number of nitrogens with zero attached hydrogens (tertiary/aromatic N) is 6. The van der Waals surface area contributed by atoms with Gasteiger partial charge in [0.2, 0.25) is 17.7 Å². The first-order chi connectivity index (χ1) is 45.0. The molecule has 8 aromatic rings. The van der Waals surface area contributed by atoms with Crippen molar-refractivity contribution >= 4 is 75.1 Å². The van der Waals surface area contributed by atoms with Crippen LogP contribution in [0.1, 0.15) is 93.1 Å². The van der Waals surface area contributed by atoms with Gasteiger partial charge in [-0.3, -0.25) is 43.9 Å². The number of imidazole rings is 1. The quantitative estimate of drug-likeness (QED) is 0.0176. The van der Waals surface area contributed by atoms with Gasteiger partial charge in [0, 0.05) is 56.2 Å². The van der Waals surface area contributed by atoms with Gasteiger partial charge in [-0.1, -0.05) is 144 Å². The topological polar surface area (TPSA) is 321 Å². The van der Waals surface area contributed by atoms with Gasteiger partial charge in [-0.25, -0.2) is 27.8 Å². The minimum absolute atomic E-state index is 0.0114. The monoisotopic (exact) mass is 1320 g/mol. The van der Waals surface area contributed by atoms with Crippen molar-refractivity contribution < 1.29 is 65.4 Å². The molecule has 492 valence electrons. The van der Waals surface area contributed by atoms with Gasteiger partial charge in [-0.2, -0.15) is 9.97 Å².